The van der Waals surface area contributed by atoms with Crippen molar-refractivity contribution in [2.45, 2.75) is 13.8 Å². The van der Waals surface area contributed by atoms with Gasteiger partial charge in [0.15, 0.2) is 0 Å². The molecule has 1 aromatic carbocycles. The topological polar surface area (TPSA) is 15.6 Å². The number of halogens is 1. The Morgan fingerprint density at radius 3 is 2.80 bits per heavy atom. The number of amidine groups is 1. The third kappa shape index (κ3) is 2.48. The molecule has 2 rings (SSSR count). The van der Waals surface area contributed by atoms with E-state index >= 15 is 0 Å². The molecule has 0 radical (unpaired) electrons. The van der Waals surface area contributed by atoms with E-state index in [1.807, 2.05) is 37.0 Å². The molecule has 0 fully saturated rings. The first-order chi connectivity index (χ1) is 9.58. The molecule has 0 amide bonds. The number of hydrogen-bond acceptors (Lipinski definition) is 2. The van der Waals surface area contributed by atoms with Gasteiger partial charge in [-0.05, 0) is 44.2 Å². The van der Waals surface area contributed by atoms with Crippen LogP contribution in [-0.4, -0.2) is 10.7 Å². The fourth-order valence-corrected chi connectivity index (χ4v) is 2.15. The molecule has 102 valence electrons. The van der Waals surface area contributed by atoms with Gasteiger partial charge in [-0.1, -0.05) is 25.3 Å². The highest BCUT2D eigenvalue weighted by Crippen LogP contribution is 2.35. The molecule has 1 aromatic rings. The smallest absolute Gasteiger partial charge is 0.124 e. The maximum Gasteiger partial charge on any atom is 0.124 e. The standard InChI is InChI=1S/C17H17FN2/c1-5-7-8-15(6-2)20-12(3)16-11-14(18)9-10-17(16)19-13(20)4/h5-11H,2-3H2,1,4H3/b7-5-,15-8+. The fourth-order valence-electron chi connectivity index (χ4n) is 2.15. The fraction of sp³-hybridized carbons (Fsp3) is 0.118. The summed E-state index contributed by atoms with van der Waals surface area (Å²) in [6, 6.07) is 4.53. The second-order valence-corrected chi connectivity index (χ2v) is 4.42. The minimum Gasteiger partial charge on any atom is -0.299 e. The Balaban J connectivity index is 2.53. The van der Waals surface area contributed by atoms with Crippen molar-refractivity contribution in [3.8, 4) is 0 Å². The molecule has 0 aliphatic carbocycles. The van der Waals surface area contributed by atoms with Crippen LogP contribution in [0.2, 0.25) is 0 Å². The van der Waals surface area contributed by atoms with E-state index in [-0.39, 0.29) is 5.82 Å². The number of rotatable bonds is 3. The highest BCUT2D eigenvalue weighted by atomic mass is 19.1. The maximum atomic E-state index is 13.4. The highest BCUT2D eigenvalue weighted by molar-refractivity contribution is 5.98. The first-order valence-corrected chi connectivity index (χ1v) is 6.38. The summed E-state index contributed by atoms with van der Waals surface area (Å²) in [5, 5.41) is 0. The summed E-state index contributed by atoms with van der Waals surface area (Å²) >= 11 is 0. The van der Waals surface area contributed by atoms with E-state index in [1.54, 1.807) is 12.1 Å². The van der Waals surface area contributed by atoms with Gasteiger partial charge in [-0.15, -0.1) is 0 Å². The summed E-state index contributed by atoms with van der Waals surface area (Å²) in [5.41, 5.74) is 2.98. The molecule has 0 aromatic heterocycles. The molecular formula is C17H17FN2. The molecule has 0 N–H and O–H groups in total. The Bertz CT molecular complexity index is 651. The summed E-state index contributed by atoms with van der Waals surface area (Å²) in [4.78, 5) is 6.37. The Hall–Kier alpha value is -2.42. The molecule has 20 heavy (non-hydrogen) atoms. The lowest BCUT2D eigenvalue weighted by Gasteiger charge is -2.31. The van der Waals surface area contributed by atoms with Gasteiger partial charge in [-0.3, -0.25) is 4.90 Å². The van der Waals surface area contributed by atoms with E-state index < -0.39 is 0 Å². The van der Waals surface area contributed by atoms with Crippen molar-refractivity contribution in [2.75, 3.05) is 0 Å². The average Bonchev–Trinajstić information content (AvgIpc) is 2.43. The zero-order valence-electron chi connectivity index (χ0n) is 11.7. The molecule has 3 heteroatoms. The second-order valence-electron chi connectivity index (χ2n) is 4.42. The summed E-state index contributed by atoms with van der Waals surface area (Å²) in [6.07, 6.45) is 7.49. The molecule has 0 saturated carbocycles. The third-order valence-electron chi connectivity index (χ3n) is 3.07. The Labute approximate surface area is 119 Å². The predicted octanol–water partition coefficient (Wildman–Crippen LogP) is 4.81. The van der Waals surface area contributed by atoms with Crippen molar-refractivity contribution in [3.05, 3.63) is 72.7 Å². The largest absolute Gasteiger partial charge is 0.299 e. The van der Waals surface area contributed by atoms with Gasteiger partial charge in [-0.2, -0.15) is 0 Å². The number of hydrogen-bond donors (Lipinski definition) is 0. The Morgan fingerprint density at radius 1 is 1.40 bits per heavy atom. The molecule has 1 aliphatic heterocycles. The minimum atomic E-state index is -0.294. The van der Waals surface area contributed by atoms with Crippen LogP contribution < -0.4 is 0 Å². The van der Waals surface area contributed by atoms with Gasteiger partial charge in [0, 0.05) is 17.0 Å². The number of benzene rings is 1. The predicted molar refractivity (Wildman–Crippen MR) is 83.1 cm³/mol. The van der Waals surface area contributed by atoms with Gasteiger partial charge in [0.25, 0.3) is 0 Å². The van der Waals surface area contributed by atoms with Gasteiger partial charge >= 0.3 is 0 Å². The van der Waals surface area contributed by atoms with Crippen LogP contribution in [0.25, 0.3) is 5.70 Å². The molecule has 0 saturated heterocycles. The second kappa shape index (κ2) is 5.70. The zero-order chi connectivity index (χ0) is 14.7. The zero-order valence-corrected chi connectivity index (χ0v) is 11.7. The van der Waals surface area contributed by atoms with Crippen LogP contribution in [0.5, 0.6) is 0 Å². The Morgan fingerprint density at radius 2 is 2.15 bits per heavy atom. The van der Waals surface area contributed by atoms with Gasteiger partial charge in [-0.25, -0.2) is 9.38 Å². The first kappa shape index (κ1) is 14.0. The normalized spacial score (nSPS) is 15.3. The van der Waals surface area contributed by atoms with Crippen LogP contribution >= 0.6 is 0 Å². The lowest BCUT2D eigenvalue weighted by Crippen LogP contribution is -2.28. The van der Waals surface area contributed by atoms with Crippen LogP contribution in [0.3, 0.4) is 0 Å². The van der Waals surface area contributed by atoms with Gasteiger partial charge in [0.05, 0.1) is 5.69 Å². The van der Waals surface area contributed by atoms with Crippen molar-refractivity contribution in [2.24, 2.45) is 4.99 Å². The van der Waals surface area contributed by atoms with Crippen molar-refractivity contribution in [1.82, 2.24) is 4.90 Å². The van der Waals surface area contributed by atoms with E-state index in [1.165, 1.54) is 12.1 Å². The van der Waals surface area contributed by atoms with Crippen LogP contribution in [0, 0.1) is 5.82 Å². The lowest BCUT2D eigenvalue weighted by molar-refractivity contribution is 0.625. The monoisotopic (exact) mass is 268 g/mol. The average molecular weight is 268 g/mol. The molecule has 2 nitrogen and oxygen atoms in total. The summed E-state index contributed by atoms with van der Waals surface area (Å²) in [7, 11) is 0. The summed E-state index contributed by atoms with van der Waals surface area (Å²) < 4.78 is 13.4. The van der Waals surface area contributed by atoms with E-state index in [0.29, 0.717) is 11.3 Å². The van der Waals surface area contributed by atoms with Crippen LogP contribution in [-0.2, 0) is 0 Å². The third-order valence-corrected chi connectivity index (χ3v) is 3.07. The number of aliphatic imine (C=N–C) groups is 1. The van der Waals surface area contributed by atoms with Crippen molar-refractivity contribution >= 4 is 17.2 Å². The van der Waals surface area contributed by atoms with E-state index in [2.05, 4.69) is 18.2 Å². The van der Waals surface area contributed by atoms with E-state index in [0.717, 1.165) is 17.2 Å². The summed E-state index contributed by atoms with van der Waals surface area (Å²) in [6.45, 7) is 11.7. The minimum absolute atomic E-state index is 0.294. The first-order valence-electron chi connectivity index (χ1n) is 6.38. The molecule has 0 atom stereocenters. The van der Waals surface area contributed by atoms with Gasteiger partial charge in [0.1, 0.15) is 11.7 Å². The maximum absolute atomic E-state index is 13.4. The Kier molecular flexibility index (Phi) is 3.99. The van der Waals surface area contributed by atoms with Crippen molar-refractivity contribution in [3.63, 3.8) is 0 Å². The van der Waals surface area contributed by atoms with Gasteiger partial charge < -0.3 is 0 Å². The van der Waals surface area contributed by atoms with E-state index in [9.17, 15) is 4.39 Å². The van der Waals surface area contributed by atoms with Crippen molar-refractivity contribution < 1.29 is 4.39 Å². The number of allylic oxidation sites excluding steroid dienone is 4. The van der Waals surface area contributed by atoms with Crippen molar-refractivity contribution in [1.29, 1.82) is 0 Å². The molecule has 1 aliphatic rings. The molecule has 1 heterocycles. The van der Waals surface area contributed by atoms with E-state index in [4.69, 9.17) is 0 Å². The molecule has 0 spiro atoms. The van der Waals surface area contributed by atoms with Crippen LogP contribution in [0.1, 0.15) is 19.4 Å². The SMILES string of the molecule is C=C/C(=C\C=C/C)N1C(=C)c2cc(F)ccc2N=C1C. The molecule has 0 unspecified atom stereocenters. The molecule has 0 bridgehead atoms. The lowest BCUT2D eigenvalue weighted by atomic mass is 10.1. The van der Waals surface area contributed by atoms with Gasteiger partial charge in [0.2, 0.25) is 0 Å². The summed E-state index contributed by atoms with van der Waals surface area (Å²) in [5.74, 6) is 0.488. The van der Waals surface area contributed by atoms with Crippen LogP contribution in [0.4, 0.5) is 10.1 Å². The van der Waals surface area contributed by atoms with Crippen LogP contribution in [0.15, 0.2) is 66.4 Å². The number of fused-ring (bicyclic) bond motifs is 1. The number of nitrogens with zero attached hydrogens (tertiary/aromatic N) is 2. The highest BCUT2D eigenvalue weighted by Gasteiger charge is 2.22. The molecular weight excluding hydrogens is 251 g/mol. The quantitative estimate of drug-likeness (QED) is 0.718.